The summed E-state index contributed by atoms with van der Waals surface area (Å²) < 4.78 is 32.9. The number of pyridine rings is 2. The van der Waals surface area contributed by atoms with Crippen LogP contribution in [0.5, 0.6) is 11.5 Å². The number of carbonyl (C=O) groups excluding carboxylic acids is 1. The van der Waals surface area contributed by atoms with E-state index in [0.717, 1.165) is 48.1 Å². The number of halogens is 2. The van der Waals surface area contributed by atoms with Crippen LogP contribution in [-0.2, 0) is 4.79 Å². The number of ether oxygens (including phenoxy) is 1. The Morgan fingerprint density at radius 1 is 1.18 bits per heavy atom. The molecule has 33 heavy (non-hydrogen) atoms. The average molecular weight is 453 g/mol. The third-order valence-electron chi connectivity index (χ3n) is 6.24. The Morgan fingerprint density at radius 3 is 2.67 bits per heavy atom. The van der Waals surface area contributed by atoms with Crippen molar-refractivity contribution in [1.82, 2.24) is 4.98 Å². The van der Waals surface area contributed by atoms with Crippen LogP contribution in [0.3, 0.4) is 0 Å². The summed E-state index contributed by atoms with van der Waals surface area (Å²) in [6.07, 6.45) is 8.34. The highest BCUT2D eigenvalue weighted by Crippen LogP contribution is 2.39. The van der Waals surface area contributed by atoms with E-state index in [-0.39, 0.29) is 29.2 Å². The number of aromatic nitrogens is 2. The fourth-order valence-electron chi connectivity index (χ4n) is 4.33. The third kappa shape index (κ3) is 5.63. The van der Waals surface area contributed by atoms with E-state index in [4.69, 9.17) is 4.74 Å². The van der Waals surface area contributed by atoms with Crippen molar-refractivity contribution in [2.45, 2.75) is 38.5 Å². The molecule has 1 N–H and O–H groups in total. The van der Waals surface area contributed by atoms with Gasteiger partial charge in [-0.05, 0) is 60.9 Å². The van der Waals surface area contributed by atoms with E-state index in [0.29, 0.717) is 11.7 Å². The van der Waals surface area contributed by atoms with Crippen LogP contribution in [0.4, 0.5) is 14.6 Å². The number of benzene rings is 1. The van der Waals surface area contributed by atoms with Crippen molar-refractivity contribution in [1.29, 1.82) is 0 Å². The monoisotopic (exact) mass is 453 g/mol. The van der Waals surface area contributed by atoms with Gasteiger partial charge in [0.1, 0.15) is 17.4 Å². The first-order valence-corrected chi connectivity index (χ1v) is 11.0. The van der Waals surface area contributed by atoms with E-state index in [1.165, 1.54) is 24.7 Å². The molecule has 0 bridgehead atoms. The third-order valence-corrected chi connectivity index (χ3v) is 6.24. The van der Waals surface area contributed by atoms with Crippen molar-refractivity contribution in [3.8, 4) is 11.5 Å². The lowest BCUT2D eigenvalue weighted by molar-refractivity contribution is -0.605. The smallest absolute Gasteiger partial charge is 0.228 e. The van der Waals surface area contributed by atoms with E-state index in [1.54, 1.807) is 12.1 Å². The molecule has 2 heterocycles. The number of nitrogens with zero attached hydrogens (tertiary/aromatic N) is 2. The van der Waals surface area contributed by atoms with Crippen LogP contribution in [0.25, 0.3) is 0 Å². The van der Waals surface area contributed by atoms with Crippen molar-refractivity contribution in [3.63, 3.8) is 0 Å². The maximum atomic E-state index is 13.7. The van der Waals surface area contributed by atoms with E-state index < -0.39 is 11.6 Å². The van der Waals surface area contributed by atoms with Crippen LogP contribution in [-0.4, -0.2) is 10.9 Å². The van der Waals surface area contributed by atoms with Crippen molar-refractivity contribution in [3.05, 3.63) is 83.5 Å². The van der Waals surface area contributed by atoms with Crippen LogP contribution in [0.15, 0.2) is 61.1 Å². The molecule has 1 aromatic carbocycles. The molecule has 1 aliphatic carbocycles. The molecule has 0 aliphatic heterocycles. The van der Waals surface area contributed by atoms with E-state index in [1.807, 2.05) is 19.1 Å². The molecule has 1 fully saturated rings. The van der Waals surface area contributed by atoms with E-state index in [9.17, 15) is 18.8 Å². The largest absolute Gasteiger partial charge is 0.619 e. The number of hydrogen-bond acceptors (Lipinski definition) is 4. The molecule has 0 saturated heterocycles. The second-order valence-corrected chi connectivity index (χ2v) is 8.45. The number of anilines is 1. The van der Waals surface area contributed by atoms with Crippen LogP contribution < -0.4 is 14.8 Å². The topological polar surface area (TPSA) is 78.2 Å². The second kappa shape index (κ2) is 9.94. The molecule has 1 aliphatic rings. The summed E-state index contributed by atoms with van der Waals surface area (Å²) in [5.74, 6) is -0.724. The van der Waals surface area contributed by atoms with Crippen LogP contribution in [0.1, 0.15) is 44.1 Å². The standard InChI is InChI=1S/C25H25F2N3O3/c1-16(18-3-2-4-19(13-18)17-9-11-30(32)12-10-17)25(31)29-24-8-6-21(15-28-24)33-23-7-5-20(26)14-22(23)27/h5-12,14-16,18-19H,2-4,13H2,1H3,(H,28,29,31)/t16?,18-,19+/m0/s1. The van der Waals surface area contributed by atoms with Crippen LogP contribution >= 0.6 is 0 Å². The Morgan fingerprint density at radius 2 is 1.97 bits per heavy atom. The lowest BCUT2D eigenvalue weighted by Gasteiger charge is -2.32. The van der Waals surface area contributed by atoms with Gasteiger partial charge in [-0.1, -0.05) is 13.3 Å². The molecular weight excluding hydrogens is 428 g/mol. The first kappa shape index (κ1) is 22.6. The Hall–Kier alpha value is -3.55. The Bertz CT molecular complexity index is 1110. The Labute approximate surface area is 190 Å². The molecule has 0 spiro atoms. The number of hydrogen-bond donors (Lipinski definition) is 1. The maximum absolute atomic E-state index is 13.7. The van der Waals surface area contributed by atoms with Gasteiger partial charge in [-0.15, -0.1) is 0 Å². The normalized spacial score (nSPS) is 19.0. The number of amides is 1. The zero-order chi connectivity index (χ0) is 23.4. The zero-order valence-corrected chi connectivity index (χ0v) is 18.2. The summed E-state index contributed by atoms with van der Waals surface area (Å²) >= 11 is 0. The predicted octanol–water partition coefficient (Wildman–Crippen LogP) is 5.33. The van der Waals surface area contributed by atoms with Crippen molar-refractivity contribution in [2.24, 2.45) is 11.8 Å². The zero-order valence-electron chi connectivity index (χ0n) is 18.2. The average Bonchev–Trinajstić information content (AvgIpc) is 2.82. The van der Waals surface area contributed by atoms with Gasteiger partial charge in [0.15, 0.2) is 24.0 Å². The molecule has 1 unspecified atom stereocenters. The second-order valence-electron chi connectivity index (χ2n) is 8.45. The van der Waals surface area contributed by atoms with Gasteiger partial charge < -0.3 is 15.3 Å². The van der Waals surface area contributed by atoms with Gasteiger partial charge in [0, 0.05) is 24.1 Å². The molecule has 3 aromatic rings. The molecule has 4 rings (SSSR count). The van der Waals surface area contributed by atoms with Crippen molar-refractivity contribution in [2.75, 3.05) is 5.32 Å². The fourth-order valence-corrected chi connectivity index (χ4v) is 4.33. The molecule has 172 valence electrons. The van der Waals surface area contributed by atoms with Crippen molar-refractivity contribution < 1.29 is 23.0 Å². The minimum Gasteiger partial charge on any atom is -0.619 e. The molecule has 3 atom stereocenters. The van der Waals surface area contributed by atoms with Gasteiger partial charge >= 0.3 is 0 Å². The molecule has 1 saturated carbocycles. The fraction of sp³-hybridized carbons (Fsp3) is 0.320. The van der Waals surface area contributed by atoms with Crippen molar-refractivity contribution >= 4 is 11.7 Å². The highest BCUT2D eigenvalue weighted by molar-refractivity contribution is 5.91. The molecule has 8 heteroatoms. The quantitative estimate of drug-likeness (QED) is 0.404. The van der Waals surface area contributed by atoms with Crippen LogP contribution in [0.2, 0.25) is 0 Å². The highest BCUT2D eigenvalue weighted by Gasteiger charge is 2.31. The Kier molecular flexibility index (Phi) is 6.82. The predicted molar refractivity (Wildman–Crippen MR) is 119 cm³/mol. The van der Waals surface area contributed by atoms with Crippen LogP contribution in [0, 0.1) is 28.7 Å². The number of nitrogens with one attached hydrogen (secondary N) is 1. The summed E-state index contributed by atoms with van der Waals surface area (Å²) in [5, 5.41) is 14.1. The van der Waals surface area contributed by atoms with Gasteiger partial charge in [-0.3, -0.25) is 4.79 Å². The minimum atomic E-state index is -0.810. The molecule has 2 aromatic heterocycles. The molecule has 1 amide bonds. The lowest BCUT2D eigenvalue weighted by Crippen LogP contribution is -2.30. The first-order valence-electron chi connectivity index (χ1n) is 11.0. The maximum Gasteiger partial charge on any atom is 0.228 e. The highest BCUT2D eigenvalue weighted by atomic mass is 19.1. The van der Waals surface area contributed by atoms with Gasteiger partial charge in [0.05, 0.1) is 6.20 Å². The van der Waals surface area contributed by atoms with E-state index in [2.05, 4.69) is 10.3 Å². The number of rotatable bonds is 6. The molecule has 6 nitrogen and oxygen atoms in total. The Balaban J connectivity index is 1.34. The van der Waals surface area contributed by atoms with Gasteiger partial charge in [-0.2, -0.15) is 4.73 Å². The summed E-state index contributed by atoms with van der Waals surface area (Å²) in [5.41, 5.74) is 1.13. The minimum absolute atomic E-state index is 0.112. The lowest BCUT2D eigenvalue weighted by atomic mass is 9.73. The van der Waals surface area contributed by atoms with E-state index >= 15 is 0 Å². The van der Waals surface area contributed by atoms with Gasteiger partial charge in [0.25, 0.3) is 0 Å². The SMILES string of the molecule is CC(C(=O)Nc1ccc(Oc2ccc(F)cc2F)cn1)[C@H]1CCC[C@@H](c2cc[n+]([O-])cc2)C1. The summed E-state index contributed by atoms with van der Waals surface area (Å²) in [7, 11) is 0. The number of carbonyl (C=O) groups is 1. The first-order chi connectivity index (χ1) is 15.9. The summed E-state index contributed by atoms with van der Waals surface area (Å²) in [6, 6.07) is 9.90. The van der Waals surface area contributed by atoms with Gasteiger partial charge in [0.2, 0.25) is 5.91 Å². The van der Waals surface area contributed by atoms with Gasteiger partial charge in [-0.25, -0.2) is 13.8 Å². The summed E-state index contributed by atoms with van der Waals surface area (Å²) in [4.78, 5) is 17.0. The molecular formula is C25H25F2N3O3. The summed E-state index contributed by atoms with van der Waals surface area (Å²) in [6.45, 7) is 1.92. The molecule has 0 radical (unpaired) electrons.